The summed E-state index contributed by atoms with van der Waals surface area (Å²) in [6, 6.07) is 11.7. The van der Waals surface area contributed by atoms with Crippen molar-refractivity contribution in [2.75, 3.05) is 0 Å². The number of thioether (sulfide) groups is 1. The largest absolute Gasteiger partial charge is 0.478 e. The van der Waals surface area contributed by atoms with E-state index in [0.717, 1.165) is 28.9 Å². The second-order valence-electron chi connectivity index (χ2n) is 3.99. The summed E-state index contributed by atoms with van der Waals surface area (Å²) in [6.07, 6.45) is 4.41. The Morgan fingerprint density at radius 3 is 2.63 bits per heavy atom. The molecule has 4 heteroatoms. The van der Waals surface area contributed by atoms with Crippen molar-refractivity contribution in [1.82, 2.24) is 0 Å². The second kappa shape index (κ2) is 6.85. The van der Waals surface area contributed by atoms with E-state index in [2.05, 4.69) is 0 Å². The summed E-state index contributed by atoms with van der Waals surface area (Å²) in [4.78, 5) is 10.4. The molecule has 0 aliphatic rings. The maximum Gasteiger partial charge on any atom is 0.328 e. The third kappa shape index (κ3) is 4.67. The molecule has 1 heterocycles. The van der Waals surface area contributed by atoms with E-state index in [1.807, 2.05) is 36.4 Å². The second-order valence-corrected chi connectivity index (χ2v) is 4.97. The number of carboxylic acids is 1. The smallest absolute Gasteiger partial charge is 0.328 e. The van der Waals surface area contributed by atoms with Crippen LogP contribution in [0.1, 0.15) is 16.9 Å². The van der Waals surface area contributed by atoms with E-state index in [0.29, 0.717) is 0 Å². The first-order valence-electron chi connectivity index (χ1n) is 5.84. The van der Waals surface area contributed by atoms with Gasteiger partial charge < -0.3 is 9.52 Å². The molecule has 3 nitrogen and oxygen atoms in total. The van der Waals surface area contributed by atoms with Gasteiger partial charge in [-0.2, -0.15) is 0 Å². The van der Waals surface area contributed by atoms with Crippen LogP contribution in [0.2, 0.25) is 0 Å². The topological polar surface area (TPSA) is 50.4 Å². The van der Waals surface area contributed by atoms with E-state index in [9.17, 15) is 4.79 Å². The maximum absolute atomic E-state index is 10.4. The quantitative estimate of drug-likeness (QED) is 0.814. The van der Waals surface area contributed by atoms with Gasteiger partial charge in [0.25, 0.3) is 0 Å². The number of aliphatic carboxylic acids is 1. The van der Waals surface area contributed by atoms with E-state index in [-0.39, 0.29) is 0 Å². The Morgan fingerprint density at radius 1 is 1.21 bits per heavy atom. The molecule has 0 saturated carbocycles. The molecule has 0 radical (unpaired) electrons. The van der Waals surface area contributed by atoms with Crippen molar-refractivity contribution in [3.63, 3.8) is 0 Å². The molecule has 0 amide bonds. The van der Waals surface area contributed by atoms with E-state index < -0.39 is 5.97 Å². The molecule has 2 rings (SSSR count). The zero-order valence-electron chi connectivity index (χ0n) is 10.3. The van der Waals surface area contributed by atoms with Crippen molar-refractivity contribution < 1.29 is 14.3 Å². The van der Waals surface area contributed by atoms with Crippen molar-refractivity contribution in [2.45, 2.75) is 11.5 Å². The third-order valence-corrected chi connectivity index (χ3v) is 3.52. The molecule has 19 heavy (non-hydrogen) atoms. The molecule has 0 aliphatic heterocycles. The lowest BCUT2D eigenvalue weighted by molar-refractivity contribution is -0.131. The fourth-order valence-corrected chi connectivity index (χ4v) is 2.45. The fourth-order valence-electron chi connectivity index (χ4n) is 1.56. The van der Waals surface area contributed by atoms with E-state index in [4.69, 9.17) is 9.52 Å². The normalized spacial score (nSPS) is 10.9. The highest BCUT2D eigenvalue weighted by atomic mass is 32.2. The Kier molecular flexibility index (Phi) is 4.86. The van der Waals surface area contributed by atoms with Gasteiger partial charge >= 0.3 is 5.97 Å². The standard InChI is InChI=1S/C15H14O3S/c16-15(17)8-7-12-3-5-13(6-4-12)10-19-11-14-2-1-9-18-14/h1-9H,10-11H2,(H,16,17)/b8-7+. The Balaban J connectivity index is 1.83. The van der Waals surface area contributed by atoms with Crippen LogP contribution < -0.4 is 0 Å². The van der Waals surface area contributed by atoms with Gasteiger partial charge in [0.2, 0.25) is 0 Å². The number of furan rings is 1. The van der Waals surface area contributed by atoms with Gasteiger partial charge in [0.05, 0.1) is 12.0 Å². The van der Waals surface area contributed by atoms with Gasteiger partial charge in [-0.25, -0.2) is 4.79 Å². The number of carboxylic acid groups (broad SMARTS) is 1. The van der Waals surface area contributed by atoms with Gasteiger partial charge in [-0.05, 0) is 29.3 Å². The molecule has 1 aromatic heterocycles. The van der Waals surface area contributed by atoms with Crippen molar-refractivity contribution in [3.8, 4) is 0 Å². The van der Waals surface area contributed by atoms with Crippen LogP contribution in [-0.2, 0) is 16.3 Å². The molecule has 0 aliphatic carbocycles. The van der Waals surface area contributed by atoms with E-state index in [1.54, 1.807) is 24.1 Å². The van der Waals surface area contributed by atoms with Gasteiger partial charge in [-0.15, -0.1) is 11.8 Å². The minimum atomic E-state index is -0.932. The maximum atomic E-state index is 10.4. The van der Waals surface area contributed by atoms with Gasteiger partial charge in [-0.3, -0.25) is 0 Å². The monoisotopic (exact) mass is 274 g/mol. The first kappa shape index (κ1) is 13.5. The molecule has 0 unspecified atom stereocenters. The predicted octanol–water partition coefficient (Wildman–Crippen LogP) is 3.81. The van der Waals surface area contributed by atoms with E-state index >= 15 is 0 Å². The molecular weight excluding hydrogens is 260 g/mol. The number of rotatable bonds is 6. The van der Waals surface area contributed by atoms with Crippen LogP contribution in [0.15, 0.2) is 53.2 Å². The Hall–Kier alpha value is -1.94. The third-order valence-electron chi connectivity index (χ3n) is 2.49. The van der Waals surface area contributed by atoms with Crippen LogP contribution in [0.5, 0.6) is 0 Å². The zero-order valence-corrected chi connectivity index (χ0v) is 11.1. The lowest BCUT2D eigenvalue weighted by Gasteiger charge is -2.01. The Bertz CT molecular complexity index is 541. The average molecular weight is 274 g/mol. The predicted molar refractivity (Wildman–Crippen MR) is 76.8 cm³/mol. The SMILES string of the molecule is O=C(O)/C=C/c1ccc(CSCc2ccco2)cc1. The van der Waals surface area contributed by atoms with Crippen LogP contribution in [0.25, 0.3) is 6.08 Å². The minimum Gasteiger partial charge on any atom is -0.478 e. The Morgan fingerprint density at radius 2 is 2.00 bits per heavy atom. The lowest BCUT2D eigenvalue weighted by atomic mass is 10.1. The molecule has 0 spiro atoms. The first-order chi connectivity index (χ1) is 9.24. The molecule has 0 atom stereocenters. The molecule has 98 valence electrons. The molecular formula is C15H14O3S. The van der Waals surface area contributed by atoms with Crippen LogP contribution in [0.3, 0.4) is 0 Å². The molecule has 0 bridgehead atoms. The van der Waals surface area contributed by atoms with Crippen molar-refractivity contribution >= 4 is 23.8 Å². The van der Waals surface area contributed by atoms with Crippen LogP contribution >= 0.6 is 11.8 Å². The minimum absolute atomic E-state index is 0.855. The summed E-state index contributed by atoms with van der Waals surface area (Å²) in [7, 11) is 0. The summed E-state index contributed by atoms with van der Waals surface area (Å²) >= 11 is 1.78. The van der Waals surface area contributed by atoms with Gasteiger partial charge in [-0.1, -0.05) is 24.3 Å². The molecule has 1 aromatic carbocycles. The number of carbonyl (C=O) groups is 1. The van der Waals surface area contributed by atoms with Crippen molar-refractivity contribution in [2.24, 2.45) is 0 Å². The number of benzene rings is 1. The molecule has 0 fully saturated rings. The van der Waals surface area contributed by atoms with Gasteiger partial charge in [0, 0.05) is 11.8 Å². The van der Waals surface area contributed by atoms with Gasteiger partial charge in [0.15, 0.2) is 0 Å². The Labute approximate surface area is 115 Å². The summed E-state index contributed by atoms with van der Waals surface area (Å²) in [5.41, 5.74) is 2.10. The summed E-state index contributed by atoms with van der Waals surface area (Å²) in [5, 5.41) is 8.54. The highest BCUT2D eigenvalue weighted by molar-refractivity contribution is 7.97. The molecule has 1 N–H and O–H groups in total. The summed E-state index contributed by atoms with van der Waals surface area (Å²) in [5.74, 6) is 1.81. The fraction of sp³-hybridized carbons (Fsp3) is 0.133. The zero-order chi connectivity index (χ0) is 13.5. The van der Waals surface area contributed by atoms with Gasteiger partial charge in [0.1, 0.15) is 5.76 Å². The number of hydrogen-bond acceptors (Lipinski definition) is 3. The van der Waals surface area contributed by atoms with Crippen LogP contribution in [-0.4, -0.2) is 11.1 Å². The van der Waals surface area contributed by atoms with Crippen molar-refractivity contribution in [3.05, 3.63) is 65.6 Å². The van der Waals surface area contributed by atoms with E-state index in [1.165, 1.54) is 5.56 Å². The number of hydrogen-bond donors (Lipinski definition) is 1. The molecule has 2 aromatic rings. The average Bonchev–Trinajstić information content (AvgIpc) is 2.91. The molecule has 0 saturated heterocycles. The van der Waals surface area contributed by atoms with Crippen LogP contribution in [0.4, 0.5) is 0 Å². The highest BCUT2D eigenvalue weighted by Crippen LogP contribution is 2.18. The first-order valence-corrected chi connectivity index (χ1v) is 6.99. The summed E-state index contributed by atoms with van der Waals surface area (Å²) < 4.78 is 5.26. The lowest BCUT2D eigenvalue weighted by Crippen LogP contribution is -1.86. The highest BCUT2D eigenvalue weighted by Gasteiger charge is 1.98. The van der Waals surface area contributed by atoms with Crippen LogP contribution in [0, 0.1) is 0 Å². The van der Waals surface area contributed by atoms with Crippen molar-refractivity contribution in [1.29, 1.82) is 0 Å². The summed E-state index contributed by atoms with van der Waals surface area (Å²) in [6.45, 7) is 0.